The number of hydrogen-bond donors (Lipinski definition) is 1. The maximum atomic E-state index is 10.6. The molecule has 0 bridgehead atoms. The molecule has 1 N–H and O–H groups in total. The predicted octanol–water partition coefficient (Wildman–Crippen LogP) is 5.06. The highest BCUT2D eigenvalue weighted by atomic mass is 32.2. The Balaban J connectivity index is 2.20. The lowest BCUT2D eigenvalue weighted by Gasteiger charge is -2.18. The molecule has 22 heavy (non-hydrogen) atoms. The average Bonchev–Trinajstić information content (AvgIpc) is 2.73. The van der Waals surface area contributed by atoms with E-state index in [0.717, 1.165) is 11.3 Å². The van der Waals surface area contributed by atoms with Crippen molar-refractivity contribution in [3.8, 4) is 0 Å². The highest BCUT2D eigenvalue weighted by molar-refractivity contribution is 7.99. The Morgan fingerprint density at radius 1 is 1.32 bits per heavy atom. The van der Waals surface area contributed by atoms with Crippen LogP contribution in [0.4, 0.5) is 0 Å². The molecule has 0 unspecified atom stereocenters. The molecule has 0 aliphatic carbocycles. The molecule has 1 aliphatic heterocycles. The summed E-state index contributed by atoms with van der Waals surface area (Å²) < 4.78 is 0. The van der Waals surface area contributed by atoms with Crippen molar-refractivity contribution in [2.24, 2.45) is 0 Å². The van der Waals surface area contributed by atoms with Crippen LogP contribution >= 0.6 is 11.8 Å². The van der Waals surface area contributed by atoms with Gasteiger partial charge in [0.1, 0.15) is 0 Å². The molecule has 0 radical (unpaired) electrons. The van der Waals surface area contributed by atoms with Gasteiger partial charge in [-0.3, -0.25) is 0 Å². The van der Waals surface area contributed by atoms with Crippen LogP contribution in [0.1, 0.15) is 38.8 Å². The molecule has 1 aromatic carbocycles. The van der Waals surface area contributed by atoms with Crippen molar-refractivity contribution in [3.63, 3.8) is 0 Å². The van der Waals surface area contributed by atoms with Crippen molar-refractivity contribution >= 4 is 23.3 Å². The lowest BCUT2D eigenvalue weighted by Crippen LogP contribution is -2.15. The first kappa shape index (κ1) is 16.6. The van der Waals surface area contributed by atoms with Crippen LogP contribution in [-0.4, -0.2) is 16.8 Å². The third-order valence-electron chi connectivity index (χ3n) is 3.81. The van der Waals surface area contributed by atoms with Gasteiger partial charge in [-0.1, -0.05) is 38.1 Å². The van der Waals surface area contributed by atoms with Gasteiger partial charge >= 0.3 is 5.97 Å². The van der Waals surface area contributed by atoms with Crippen molar-refractivity contribution < 1.29 is 9.90 Å². The summed E-state index contributed by atoms with van der Waals surface area (Å²) in [5, 5.41) is 8.68. The van der Waals surface area contributed by atoms with Gasteiger partial charge in [-0.25, -0.2) is 4.79 Å². The van der Waals surface area contributed by atoms with Crippen LogP contribution in [0.25, 0.3) is 5.57 Å². The minimum absolute atomic E-state index is 0.229. The first-order chi connectivity index (χ1) is 10.3. The normalized spacial score (nSPS) is 17.8. The van der Waals surface area contributed by atoms with Crippen molar-refractivity contribution in [2.75, 3.05) is 5.75 Å². The molecule has 1 aliphatic rings. The number of fused-ring (bicyclic) bond motifs is 1. The van der Waals surface area contributed by atoms with E-state index in [1.165, 1.54) is 27.7 Å². The molecule has 0 aromatic heterocycles. The highest BCUT2D eigenvalue weighted by Crippen LogP contribution is 2.44. The summed E-state index contributed by atoms with van der Waals surface area (Å²) in [4.78, 5) is 12.0. The summed E-state index contributed by atoms with van der Waals surface area (Å²) in [6.07, 6.45) is 6.94. The lowest BCUT2D eigenvalue weighted by atomic mass is 9.85. The van der Waals surface area contributed by atoms with E-state index in [9.17, 15) is 4.79 Å². The standard InChI is InChI=1S/C19H22O2S/c1-13(10-18(20)21)6-5-7-14(2)15-8-9-17-16(11-15)19(3,4)12-22-17/h5-11H,12H2,1-4H3,(H,20,21)/b6-5+,13-10+,14-7+. The summed E-state index contributed by atoms with van der Waals surface area (Å²) in [5.41, 5.74) is 4.78. The van der Waals surface area contributed by atoms with Gasteiger partial charge in [0.2, 0.25) is 0 Å². The Kier molecular flexibility index (Phi) is 4.97. The fraction of sp³-hybridized carbons (Fsp3) is 0.316. The maximum Gasteiger partial charge on any atom is 0.328 e. The molecule has 116 valence electrons. The smallest absolute Gasteiger partial charge is 0.328 e. The van der Waals surface area contributed by atoms with Gasteiger partial charge in [-0.15, -0.1) is 11.8 Å². The van der Waals surface area contributed by atoms with Gasteiger partial charge in [-0.2, -0.15) is 0 Å². The van der Waals surface area contributed by atoms with E-state index in [0.29, 0.717) is 0 Å². The molecular formula is C19H22O2S. The second-order valence-electron chi connectivity index (χ2n) is 6.32. The Morgan fingerprint density at radius 3 is 2.73 bits per heavy atom. The fourth-order valence-corrected chi connectivity index (χ4v) is 3.78. The van der Waals surface area contributed by atoms with Gasteiger partial charge in [0.25, 0.3) is 0 Å². The zero-order chi connectivity index (χ0) is 16.3. The van der Waals surface area contributed by atoms with Gasteiger partial charge < -0.3 is 5.11 Å². The Morgan fingerprint density at radius 2 is 2.05 bits per heavy atom. The molecule has 1 aromatic rings. The lowest BCUT2D eigenvalue weighted by molar-refractivity contribution is -0.131. The van der Waals surface area contributed by atoms with Gasteiger partial charge in [-0.05, 0) is 48.3 Å². The molecule has 0 fully saturated rings. The zero-order valence-corrected chi connectivity index (χ0v) is 14.3. The van der Waals surface area contributed by atoms with Crippen LogP contribution in [0.3, 0.4) is 0 Å². The van der Waals surface area contributed by atoms with Crippen molar-refractivity contribution in [1.29, 1.82) is 0 Å². The van der Waals surface area contributed by atoms with Gasteiger partial charge in [0.15, 0.2) is 0 Å². The summed E-state index contributed by atoms with van der Waals surface area (Å²) in [7, 11) is 0. The van der Waals surface area contributed by atoms with Gasteiger partial charge in [0, 0.05) is 22.1 Å². The minimum atomic E-state index is -0.916. The van der Waals surface area contributed by atoms with E-state index >= 15 is 0 Å². The number of carboxylic acid groups (broad SMARTS) is 1. The summed E-state index contributed by atoms with van der Waals surface area (Å²) in [5.74, 6) is 0.217. The molecule has 0 saturated heterocycles. The number of rotatable bonds is 4. The number of hydrogen-bond acceptors (Lipinski definition) is 2. The molecule has 2 rings (SSSR count). The number of thioether (sulfide) groups is 1. The number of aliphatic carboxylic acids is 1. The van der Waals surface area contributed by atoms with E-state index in [2.05, 4.69) is 39.0 Å². The van der Waals surface area contributed by atoms with Crippen LogP contribution in [-0.2, 0) is 10.2 Å². The third kappa shape index (κ3) is 3.92. The van der Waals surface area contributed by atoms with E-state index in [1.54, 1.807) is 6.92 Å². The van der Waals surface area contributed by atoms with E-state index in [4.69, 9.17) is 5.11 Å². The molecule has 0 saturated carbocycles. The van der Waals surface area contributed by atoms with Crippen LogP contribution in [0, 0.1) is 0 Å². The van der Waals surface area contributed by atoms with Crippen molar-refractivity contribution in [1.82, 2.24) is 0 Å². The van der Waals surface area contributed by atoms with Crippen LogP contribution in [0.2, 0.25) is 0 Å². The molecule has 0 amide bonds. The first-order valence-electron chi connectivity index (χ1n) is 7.33. The minimum Gasteiger partial charge on any atom is -0.478 e. The van der Waals surface area contributed by atoms with Crippen molar-refractivity contribution in [2.45, 2.75) is 38.0 Å². The third-order valence-corrected chi connectivity index (χ3v) is 5.34. The number of carboxylic acids is 1. The topological polar surface area (TPSA) is 37.3 Å². The Bertz CT molecular complexity index is 679. The number of benzene rings is 1. The molecule has 1 heterocycles. The number of carbonyl (C=O) groups is 1. The summed E-state index contributed by atoms with van der Waals surface area (Å²) in [6, 6.07) is 6.66. The van der Waals surface area contributed by atoms with Gasteiger partial charge in [0.05, 0.1) is 0 Å². The molecule has 0 atom stereocenters. The van der Waals surface area contributed by atoms with E-state index in [-0.39, 0.29) is 5.41 Å². The molecule has 2 nitrogen and oxygen atoms in total. The van der Waals surface area contributed by atoms with Crippen LogP contribution < -0.4 is 0 Å². The summed E-state index contributed by atoms with van der Waals surface area (Å²) >= 11 is 1.93. The average molecular weight is 314 g/mol. The fourth-order valence-electron chi connectivity index (χ4n) is 2.45. The second kappa shape index (κ2) is 6.57. The zero-order valence-electron chi connectivity index (χ0n) is 13.5. The second-order valence-corrected chi connectivity index (χ2v) is 7.34. The van der Waals surface area contributed by atoms with Crippen LogP contribution in [0.5, 0.6) is 0 Å². The SMILES string of the molecule is CC(/C=C/C=C(\C)c1ccc2c(c1)C(C)(C)CS2)=C\C(=O)O. The Labute approximate surface area is 136 Å². The van der Waals surface area contributed by atoms with Crippen molar-refractivity contribution in [3.05, 3.63) is 59.2 Å². The Hall–Kier alpha value is -1.74. The highest BCUT2D eigenvalue weighted by Gasteiger charge is 2.30. The monoisotopic (exact) mass is 314 g/mol. The number of allylic oxidation sites excluding steroid dienone is 5. The van der Waals surface area contributed by atoms with E-state index in [1.807, 2.05) is 30.0 Å². The molecule has 0 spiro atoms. The van der Waals surface area contributed by atoms with Crippen LogP contribution in [0.15, 0.2) is 53.0 Å². The molecule has 3 heteroatoms. The largest absolute Gasteiger partial charge is 0.478 e. The first-order valence-corrected chi connectivity index (χ1v) is 8.32. The summed E-state index contributed by atoms with van der Waals surface area (Å²) in [6.45, 7) is 8.43. The predicted molar refractivity (Wildman–Crippen MR) is 94.4 cm³/mol. The maximum absolute atomic E-state index is 10.6. The van der Waals surface area contributed by atoms with E-state index < -0.39 is 5.97 Å². The molecular weight excluding hydrogens is 292 g/mol. The quantitative estimate of drug-likeness (QED) is 0.623.